The van der Waals surface area contributed by atoms with Crippen LogP contribution in [-0.2, 0) is 13.1 Å². The van der Waals surface area contributed by atoms with Crippen LogP contribution in [0.15, 0.2) is 36.7 Å². The molecule has 7 nitrogen and oxygen atoms in total. The van der Waals surface area contributed by atoms with Crippen molar-refractivity contribution >= 4 is 40.8 Å². The fourth-order valence-electron chi connectivity index (χ4n) is 3.81. The van der Waals surface area contributed by atoms with E-state index in [-0.39, 0.29) is 12.2 Å². The summed E-state index contributed by atoms with van der Waals surface area (Å²) in [5.74, 6) is -0.585. The van der Waals surface area contributed by atoms with Crippen LogP contribution < -0.4 is 0 Å². The third kappa shape index (κ3) is 5.08. The number of carboxylic acids is 1. The maximum absolute atomic E-state index is 12.4. The molecule has 0 spiro atoms. The Morgan fingerprint density at radius 1 is 1.03 bits per heavy atom. The number of aromatic carboxylic acids is 1. The molecular weight excluding hydrogens is 473 g/mol. The third-order valence-corrected chi connectivity index (χ3v) is 6.32. The highest BCUT2D eigenvalue weighted by molar-refractivity contribution is 6.33. The summed E-state index contributed by atoms with van der Waals surface area (Å²) in [5.41, 5.74) is 1.94. The highest BCUT2D eigenvalue weighted by Gasteiger charge is 2.26. The van der Waals surface area contributed by atoms with Gasteiger partial charge < -0.3 is 14.6 Å². The second-order valence-electron chi connectivity index (χ2n) is 7.83. The zero-order valence-corrected chi connectivity index (χ0v) is 19.7. The zero-order valence-electron chi connectivity index (χ0n) is 17.4. The number of rotatable bonds is 6. The van der Waals surface area contributed by atoms with Crippen LogP contribution in [0.3, 0.4) is 0 Å². The van der Waals surface area contributed by atoms with E-state index in [9.17, 15) is 9.90 Å². The molecule has 10 heteroatoms. The molecule has 1 fully saturated rings. The van der Waals surface area contributed by atoms with Gasteiger partial charge in [-0.25, -0.2) is 9.78 Å². The minimum Gasteiger partial charge on any atom is -0.477 e. The number of likely N-dealkylation sites (N-methyl/N-ethyl adjacent to an activating group) is 1. The molecule has 0 atom stereocenters. The van der Waals surface area contributed by atoms with Crippen molar-refractivity contribution in [2.75, 3.05) is 33.2 Å². The number of nitrogens with zero attached hydrogens (tertiary/aromatic N) is 5. The lowest BCUT2D eigenvalue weighted by Crippen LogP contribution is -2.44. The fraction of sp³-hybridized carbons (Fsp3) is 0.318. The summed E-state index contributed by atoms with van der Waals surface area (Å²) in [5, 5.41) is 11.6. The Morgan fingerprint density at radius 3 is 2.47 bits per heavy atom. The van der Waals surface area contributed by atoms with E-state index in [4.69, 9.17) is 39.8 Å². The molecule has 168 valence electrons. The topological polar surface area (TPSA) is 74.5 Å². The summed E-state index contributed by atoms with van der Waals surface area (Å²) in [6.45, 7) is 4.16. The Bertz CT molecular complexity index is 1140. The van der Waals surface area contributed by atoms with Crippen molar-refractivity contribution < 1.29 is 9.90 Å². The van der Waals surface area contributed by atoms with Crippen LogP contribution in [0.25, 0.3) is 11.4 Å². The van der Waals surface area contributed by atoms with Gasteiger partial charge in [0, 0.05) is 60.7 Å². The second-order valence-corrected chi connectivity index (χ2v) is 9.11. The Morgan fingerprint density at radius 2 is 1.78 bits per heavy atom. The van der Waals surface area contributed by atoms with Crippen molar-refractivity contribution in [1.82, 2.24) is 24.3 Å². The first-order valence-electron chi connectivity index (χ1n) is 10.1. The highest BCUT2D eigenvalue weighted by Crippen LogP contribution is 2.29. The average Bonchev–Trinajstić information content (AvgIpc) is 3.10. The molecule has 0 saturated carbocycles. The van der Waals surface area contributed by atoms with Crippen molar-refractivity contribution in [3.8, 4) is 11.4 Å². The number of benzene rings is 1. The lowest BCUT2D eigenvalue weighted by atomic mass is 10.2. The average molecular weight is 495 g/mol. The predicted octanol–water partition coefficient (Wildman–Crippen LogP) is 4.40. The first-order chi connectivity index (χ1) is 15.3. The van der Waals surface area contributed by atoms with E-state index < -0.39 is 5.97 Å². The minimum absolute atomic E-state index is 0.120. The number of carboxylic acid groups (broad SMARTS) is 1. The summed E-state index contributed by atoms with van der Waals surface area (Å²) in [7, 11) is 2.08. The Labute approximate surface area is 201 Å². The largest absolute Gasteiger partial charge is 0.477 e. The van der Waals surface area contributed by atoms with Crippen LogP contribution in [0.5, 0.6) is 0 Å². The fourth-order valence-corrected chi connectivity index (χ4v) is 4.36. The van der Waals surface area contributed by atoms with Gasteiger partial charge in [0.1, 0.15) is 5.82 Å². The van der Waals surface area contributed by atoms with Crippen LogP contribution in [0.1, 0.15) is 21.7 Å². The molecular formula is C22H22Cl3N5O2. The summed E-state index contributed by atoms with van der Waals surface area (Å²) < 4.78 is 1.65. The molecule has 0 aliphatic carbocycles. The van der Waals surface area contributed by atoms with Crippen LogP contribution in [0, 0.1) is 0 Å². The summed E-state index contributed by atoms with van der Waals surface area (Å²) in [4.78, 5) is 25.8. The van der Waals surface area contributed by atoms with Gasteiger partial charge in [0.15, 0.2) is 5.69 Å². The van der Waals surface area contributed by atoms with Gasteiger partial charge in [0.2, 0.25) is 0 Å². The van der Waals surface area contributed by atoms with Crippen molar-refractivity contribution in [1.29, 1.82) is 0 Å². The minimum atomic E-state index is -1.05. The van der Waals surface area contributed by atoms with Crippen LogP contribution in [0.2, 0.25) is 15.1 Å². The van der Waals surface area contributed by atoms with Gasteiger partial charge in [0.25, 0.3) is 0 Å². The molecule has 3 aromatic rings. The smallest absolute Gasteiger partial charge is 0.354 e. The summed E-state index contributed by atoms with van der Waals surface area (Å²) >= 11 is 18.7. The van der Waals surface area contributed by atoms with Gasteiger partial charge in [-0.15, -0.1) is 0 Å². The zero-order chi connectivity index (χ0) is 22.8. The number of hydrogen-bond acceptors (Lipinski definition) is 5. The second kappa shape index (κ2) is 9.77. The van der Waals surface area contributed by atoms with Gasteiger partial charge in [-0.3, -0.25) is 9.88 Å². The van der Waals surface area contributed by atoms with E-state index in [0.29, 0.717) is 44.3 Å². The maximum Gasteiger partial charge on any atom is 0.354 e. The van der Waals surface area contributed by atoms with Crippen molar-refractivity contribution in [2.45, 2.75) is 13.1 Å². The number of pyridine rings is 1. The SMILES string of the molecule is CN1CCN(Cc2nc(-c3cncc(Cl)c3)n(Cc3cc(Cl)ccc3Cl)c2C(=O)O)CC1. The molecule has 3 heterocycles. The lowest BCUT2D eigenvalue weighted by molar-refractivity contribution is 0.0681. The molecule has 32 heavy (non-hydrogen) atoms. The molecule has 4 rings (SSSR count). The van der Waals surface area contributed by atoms with Gasteiger partial charge >= 0.3 is 5.97 Å². The lowest BCUT2D eigenvalue weighted by Gasteiger charge is -2.31. The van der Waals surface area contributed by atoms with Crippen LogP contribution in [-0.4, -0.2) is 68.6 Å². The third-order valence-electron chi connectivity index (χ3n) is 5.51. The number of piperazine rings is 1. The molecule has 0 unspecified atom stereocenters. The quantitative estimate of drug-likeness (QED) is 0.547. The number of carbonyl (C=O) groups is 1. The molecule has 1 saturated heterocycles. The molecule has 2 aromatic heterocycles. The number of aromatic nitrogens is 3. The number of imidazole rings is 1. The Kier molecular flexibility index (Phi) is 7.02. The molecule has 0 bridgehead atoms. The van der Waals surface area contributed by atoms with Crippen LogP contribution >= 0.6 is 34.8 Å². The highest BCUT2D eigenvalue weighted by atomic mass is 35.5. The predicted molar refractivity (Wildman–Crippen MR) is 126 cm³/mol. The van der Waals surface area contributed by atoms with Crippen molar-refractivity contribution in [3.63, 3.8) is 0 Å². The normalized spacial score (nSPS) is 15.2. The molecule has 1 aliphatic heterocycles. The van der Waals surface area contributed by atoms with Gasteiger partial charge in [-0.2, -0.15) is 0 Å². The van der Waals surface area contributed by atoms with E-state index >= 15 is 0 Å². The monoisotopic (exact) mass is 493 g/mol. The summed E-state index contributed by atoms with van der Waals surface area (Å²) in [6.07, 6.45) is 3.14. The Balaban J connectivity index is 1.81. The first-order valence-corrected chi connectivity index (χ1v) is 11.2. The van der Waals surface area contributed by atoms with E-state index in [1.807, 2.05) is 0 Å². The molecule has 1 N–H and O–H groups in total. The van der Waals surface area contributed by atoms with E-state index in [0.717, 1.165) is 26.2 Å². The molecule has 1 aliphatic rings. The van der Waals surface area contributed by atoms with Gasteiger partial charge in [0.05, 0.1) is 17.3 Å². The standard InChI is InChI=1S/C22H22Cl3N5O2/c1-28-4-6-29(7-5-28)13-19-20(22(31)32)30(12-15-9-16(23)2-3-18(15)25)21(27-19)14-8-17(24)11-26-10-14/h2-3,8-11H,4-7,12-13H2,1H3,(H,31,32). The van der Waals surface area contributed by atoms with E-state index in [2.05, 4.69) is 21.8 Å². The first kappa shape index (κ1) is 23.0. The van der Waals surface area contributed by atoms with Crippen LogP contribution in [0.4, 0.5) is 0 Å². The van der Waals surface area contributed by atoms with Gasteiger partial charge in [-0.1, -0.05) is 34.8 Å². The Hall–Kier alpha value is -2.16. The number of halogens is 3. The van der Waals surface area contributed by atoms with E-state index in [1.165, 1.54) is 6.20 Å². The summed E-state index contributed by atoms with van der Waals surface area (Å²) in [6, 6.07) is 6.84. The van der Waals surface area contributed by atoms with Gasteiger partial charge in [-0.05, 0) is 36.9 Å². The molecule has 0 radical (unpaired) electrons. The van der Waals surface area contributed by atoms with E-state index in [1.54, 1.807) is 35.0 Å². The molecule has 1 aromatic carbocycles. The van der Waals surface area contributed by atoms with Crippen molar-refractivity contribution in [3.05, 3.63) is 68.7 Å². The van der Waals surface area contributed by atoms with Crippen molar-refractivity contribution in [2.24, 2.45) is 0 Å². The number of hydrogen-bond donors (Lipinski definition) is 1. The molecule has 0 amide bonds. The maximum atomic E-state index is 12.4.